The summed E-state index contributed by atoms with van der Waals surface area (Å²) >= 11 is 0. The molecule has 2 aromatic carbocycles. The number of non-ortho nitro benzene ring substituents is 1. The SMILES string of the molecule is O=C(COC(=O)c1cccc([N+](=O)[O-])c1)Nc1ccc(F)c(F)c1F. The van der Waals surface area contributed by atoms with Crippen molar-refractivity contribution in [1.29, 1.82) is 0 Å². The number of esters is 1. The summed E-state index contributed by atoms with van der Waals surface area (Å²) in [5.41, 5.74) is -1.14. The van der Waals surface area contributed by atoms with E-state index in [-0.39, 0.29) is 11.3 Å². The van der Waals surface area contributed by atoms with Gasteiger partial charge in [0.05, 0.1) is 16.2 Å². The zero-order chi connectivity index (χ0) is 18.6. The van der Waals surface area contributed by atoms with Crippen molar-refractivity contribution in [2.24, 2.45) is 0 Å². The van der Waals surface area contributed by atoms with Crippen molar-refractivity contribution in [3.8, 4) is 0 Å². The number of nitro groups is 1. The fraction of sp³-hybridized carbons (Fsp3) is 0.0667. The number of nitrogens with zero attached hydrogens (tertiary/aromatic N) is 1. The van der Waals surface area contributed by atoms with E-state index in [0.29, 0.717) is 6.07 Å². The predicted octanol–water partition coefficient (Wildman–Crippen LogP) is 2.81. The lowest BCUT2D eigenvalue weighted by Gasteiger charge is -2.08. The van der Waals surface area contributed by atoms with Gasteiger partial charge in [-0.1, -0.05) is 6.07 Å². The minimum atomic E-state index is -1.76. The smallest absolute Gasteiger partial charge is 0.338 e. The van der Waals surface area contributed by atoms with Crippen molar-refractivity contribution in [2.45, 2.75) is 0 Å². The first-order valence-corrected chi connectivity index (χ1v) is 6.64. The fourth-order valence-corrected chi connectivity index (χ4v) is 1.77. The van der Waals surface area contributed by atoms with E-state index in [9.17, 15) is 32.9 Å². The summed E-state index contributed by atoms with van der Waals surface area (Å²) in [5, 5.41) is 12.5. The summed E-state index contributed by atoms with van der Waals surface area (Å²) in [4.78, 5) is 33.2. The number of ether oxygens (including phenoxy) is 1. The number of amides is 1. The normalized spacial score (nSPS) is 10.2. The van der Waals surface area contributed by atoms with E-state index in [1.54, 1.807) is 0 Å². The molecule has 0 unspecified atom stereocenters. The number of halogens is 3. The number of anilines is 1. The maximum absolute atomic E-state index is 13.4. The largest absolute Gasteiger partial charge is 0.452 e. The van der Waals surface area contributed by atoms with Gasteiger partial charge in [0, 0.05) is 12.1 Å². The van der Waals surface area contributed by atoms with Crippen molar-refractivity contribution in [3.63, 3.8) is 0 Å². The highest BCUT2D eigenvalue weighted by Crippen LogP contribution is 2.19. The lowest BCUT2D eigenvalue weighted by molar-refractivity contribution is -0.384. The van der Waals surface area contributed by atoms with Crippen LogP contribution in [-0.4, -0.2) is 23.4 Å². The van der Waals surface area contributed by atoms with E-state index >= 15 is 0 Å². The van der Waals surface area contributed by atoms with Gasteiger partial charge in [-0.05, 0) is 18.2 Å². The Balaban J connectivity index is 1.98. The van der Waals surface area contributed by atoms with Crippen LogP contribution < -0.4 is 5.32 Å². The van der Waals surface area contributed by atoms with Gasteiger partial charge in [0.25, 0.3) is 11.6 Å². The van der Waals surface area contributed by atoms with Crippen LogP contribution in [0.1, 0.15) is 10.4 Å². The van der Waals surface area contributed by atoms with Gasteiger partial charge in [0.15, 0.2) is 24.1 Å². The third kappa shape index (κ3) is 4.31. The van der Waals surface area contributed by atoms with E-state index in [2.05, 4.69) is 4.74 Å². The number of carbonyl (C=O) groups excluding carboxylic acids is 2. The number of nitro benzene ring substituents is 1. The van der Waals surface area contributed by atoms with Gasteiger partial charge in [-0.15, -0.1) is 0 Å². The molecule has 0 saturated heterocycles. The molecular formula is C15H9F3N2O5. The number of nitrogens with one attached hydrogen (secondary N) is 1. The first kappa shape index (κ1) is 17.9. The van der Waals surface area contributed by atoms with Crippen LogP contribution in [0.3, 0.4) is 0 Å². The monoisotopic (exact) mass is 354 g/mol. The molecule has 0 heterocycles. The molecule has 1 amide bonds. The zero-order valence-corrected chi connectivity index (χ0v) is 12.3. The molecule has 0 atom stereocenters. The average Bonchev–Trinajstić information content (AvgIpc) is 2.60. The summed E-state index contributed by atoms with van der Waals surface area (Å²) in [6, 6.07) is 6.02. The molecule has 0 aliphatic heterocycles. The highest BCUT2D eigenvalue weighted by Gasteiger charge is 2.17. The molecule has 0 bridgehead atoms. The molecule has 0 fully saturated rings. The Bertz CT molecular complexity index is 857. The number of benzene rings is 2. The molecule has 0 aliphatic carbocycles. The molecule has 25 heavy (non-hydrogen) atoms. The van der Waals surface area contributed by atoms with Crippen LogP contribution in [0.4, 0.5) is 24.5 Å². The minimum Gasteiger partial charge on any atom is -0.452 e. The molecule has 0 saturated carbocycles. The number of hydrogen-bond donors (Lipinski definition) is 1. The summed E-state index contributed by atoms with van der Waals surface area (Å²) in [7, 11) is 0. The molecule has 7 nitrogen and oxygen atoms in total. The van der Waals surface area contributed by atoms with Crippen LogP contribution in [-0.2, 0) is 9.53 Å². The summed E-state index contributed by atoms with van der Waals surface area (Å²) in [5.74, 6) is -6.81. The van der Waals surface area contributed by atoms with E-state index in [0.717, 1.165) is 18.2 Å². The van der Waals surface area contributed by atoms with Crippen LogP contribution in [0.2, 0.25) is 0 Å². The third-order valence-corrected chi connectivity index (χ3v) is 2.94. The topological polar surface area (TPSA) is 98.5 Å². The molecule has 1 N–H and O–H groups in total. The molecule has 130 valence electrons. The number of rotatable bonds is 5. The Hall–Kier alpha value is -3.43. The first-order chi connectivity index (χ1) is 11.8. The quantitative estimate of drug-likeness (QED) is 0.385. The van der Waals surface area contributed by atoms with Crippen LogP contribution in [0.5, 0.6) is 0 Å². The van der Waals surface area contributed by atoms with Gasteiger partial charge in [0.1, 0.15) is 0 Å². The van der Waals surface area contributed by atoms with Crippen LogP contribution in [0, 0.1) is 27.6 Å². The second-order valence-corrected chi connectivity index (χ2v) is 4.65. The molecule has 0 spiro atoms. The van der Waals surface area contributed by atoms with E-state index < -0.39 is 46.5 Å². The Morgan fingerprint density at radius 3 is 2.52 bits per heavy atom. The van der Waals surface area contributed by atoms with Crippen LogP contribution in [0.25, 0.3) is 0 Å². The Labute approximate surface area is 138 Å². The molecule has 10 heteroatoms. The molecule has 0 aromatic heterocycles. The van der Waals surface area contributed by atoms with Crippen molar-refractivity contribution in [1.82, 2.24) is 0 Å². The van der Waals surface area contributed by atoms with E-state index in [4.69, 9.17) is 0 Å². The highest BCUT2D eigenvalue weighted by atomic mass is 19.2. The molecule has 2 rings (SSSR count). The lowest BCUT2D eigenvalue weighted by Crippen LogP contribution is -2.21. The first-order valence-electron chi connectivity index (χ1n) is 6.64. The standard InChI is InChI=1S/C15H9F3N2O5/c16-10-4-5-11(14(18)13(10)17)19-12(21)7-25-15(22)8-2-1-3-9(6-8)20(23)24/h1-6H,7H2,(H,19,21). The second kappa shape index (κ2) is 7.43. The van der Waals surface area contributed by atoms with Crippen molar-refractivity contribution in [3.05, 3.63) is 69.5 Å². The Morgan fingerprint density at radius 1 is 1.12 bits per heavy atom. The lowest BCUT2D eigenvalue weighted by atomic mass is 10.2. The van der Waals surface area contributed by atoms with E-state index in [1.165, 1.54) is 12.1 Å². The van der Waals surface area contributed by atoms with Gasteiger partial charge in [-0.25, -0.2) is 18.0 Å². The van der Waals surface area contributed by atoms with Crippen molar-refractivity contribution < 1.29 is 32.4 Å². The molecule has 0 aliphatic rings. The third-order valence-electron chi connectivity index (χ3n) is 2.94. The summed E-state index contributed by atoms with van der Waals surface area (Å²) in [6.07, 6.45) is 0. The van der Waals surface area contributed by atoms with Gasteiger partial charge in [-0.2, -0.15) is 0 Å². The molecule has 0 radical (unpaired) electrons. The molecule has 2 aromatic rings. The number of carbonyl (C=O) groups is 2. The average molecular weight is 354 g/mol. The maximum Gasteiger partial charge on any atom is 0.338 e. The van der Waals surface area contributed by atoms with Gasteiger partial charge in [-0.3, -0.25) is 14.9 Å². The number of hydrogen-bond acceptors (Lipinski definition) is 5. The Kier molecular flexibility index (Phi) is 5.32. The maximum atomic E-state index is 13.4. The summed E-state index contributed by atoms with van der Waals surface area (Å²) in [6.45, 7) is -0.861. The fourth-order valence-electron chi connectivity index (χ4n) is 1.77. The van der Waals surface area contributed by atoms with Crippen molar-refractivity contribution >= 4 is 23.3 Å². The predicted molar refractivity (Wildman–Crippen MR) is 78.3 cm³/mol. The minimum absolute atomic E-state index is 0.166. The van der Waals surface area contributed by atoms with Gasteiger partial charge >= 0.3 is 5.97 Å². The van der Waals surface area contributed by atoms with Crippen molar-refractivity contribution in [2.75, 3.05) is 11.9 Å². The Morgan fingerprint density at radius 2 is 1.84 bits per heavy atom. The van der Waals surface area contributed by atoms with E-state index in [1.807, 2.05) is 5.32 Å². The van der Waals surface area contributed by atoms with Gasteiger partial charge in [0.2, 0.25) is 0 Å². The van der Waals surface area contributed by atoms with Crippen LogP contribution >= 0.6 is 0 Å². The zero-order valence-electron chi connectivity index (χ0n) is 12.3. The highest BCUT2D eigenvalue weighted by molar-refractivity contribution is 5.95. The molecular weight excluding hydrogens is 345 g/mol. The van der Waals surface area contributed by atoms with Crippen LogP contribution in [0.15, 0.2) is 36.4 Å². The summed E-state index contributed by atoms with van der Waals surface area (Å²) < 4.78 is 43.9. The van der Waals surface area contributed by atoms with Gasteiger partial charge < -0.3 is 10.1 Å². The second-order valence-electron chi connectivity index (χ2n) is 4.65.